The Morgan fingerprint density at radius 3 is 2.23 bits per heavy atom. The minimum Gasteiger partial charge on any atom is -0.389 e. The van der Waals surface area contributed by atoms with Gasteiger partial charge < -0.3 is 5.11 Å². The fraction of sp³-hybridized carbons (Fsp3) is 0.900. The van der Waals surface area contributed by atoms with Crippen LogP contribution in [0.3, 0.4) is 0 Å². The van der Waals surface area contributed by atoms with Gasteiger partial charge in [-0.25, -0.2) is 0 Å². The first-order chi connectivity index (χ1) is 5.99. The van der Waals surface area contributed by atoms with Gasteiger partial charge in [0.15, 0.2) is 0 Å². The first-order valence-electron chi connectivity index (χ1n) is 4.81. The van der Waals surface area contributed by atoms with Crippen LogP contribution < -0.4 is 0 Å². The van der Waals surface area contributed by atoms with Crippen molar-refractivity contribution in [3.8, 4) is 6.07 Å². The van der Waals surface area contributed by atoms with Gasteiger partial charge in [-0.05, 0) is 26.8 Å². The lowest BCUT2D eigenvalue weighted by Crippen LogP contribution is -2.43. The van der Waals surface area contributed by atoms with Crippen molar-refractivity contribution in [1.82, 2.24) is 4.90 Å². The van der Waals surface area contributed by atoms with Crippen LogP contribution in [-0.4, -0.2) is 35.2 Å². The van der Waals surface area contributed by atoms with Gasteiger partial charge in [-0.1, -0.05) is 13.8 Å². The monoisotopic (exact) mass is 184 g/mol. The van der Waals surface area contributed by atoms with Crippen molar-refractivity contribution in [2.75, 3.05) is 13.6 Å². The fourth-order valence-electron chi connectivity index (χ4n) is 1.17. The highest BCUT2D eigenvalue weighted by Gasteiger charge is 2.25. The van der Waals surface area contributed by atoms with Crippen LogP contribution in [0.4, 0.5) is 0 Å². The van der Waals surface area contributed by atoms with Crippen LogP contribution in [0.5, 0.6) is 0 Å². The topological polar surface area (TPSA) is 47.3 Å². The van der Waals surface area contributed by atoms with Gasteiger partial charge >= 0.3 is 0 Å². The van der Waals surface area contributed by atoms with Crippen molar-refractivity contribution in [3.63, 3.8) is 0 Å². The van der Waals surface area contributed by atoms with Gasteiger partial charge in [0, 0.05) is 6.54 Å². The molecule has 0 bridgehead atoms. The van der Waals surface area contributed by atoms with Crippen molar-refractivity contribution in [2.45, 2.75) is 45.3 Å². The number of nitriles is 1. The zero-order chi connectivity index (χ0) is 10.5. The molecule has 13 heavy (non-hydrogen) atoms. The van der Waals surface area contributed by atoms with Gasteiger partial charge in [-0.2, -0.15) is 5.26 Å². The van der Waals surface area contributed by atoms with E-state index < -0.39 is 5.60 Å². The number of hydrogen-bond donors (Lipinski definition) is 1. The number of nitrogens with zero attached hydrogens (tertiary/aromatic N) is 2. The van der Waals surface area contributed by atoms with Gasteiger partial charge in [0.25, 0.3) is 0 Å². The molecular formula is C10H20N2O. The molecule has 1 unspecified atom stereocenters. The lowest BCUT2D eigenvalue weighted by Gasteiger charge is -2.31. The maximum atomic E-state index is 9.99. The van der Waals surface area contributed by atoms with E-state index in [2.05, 4.69) is 6.07 Å². The summed E-state index contributed by atoms with van der Waals surface area (Å²) in [4.78, 5) is 1.88. The maximum absolute atomic E-state index is 9.99. The van der Waals surface area contributed by atoms with Crippen LogP contribution in [0.2, 0.25) is 0 Å². The van der Waals surface area contributed by atoms with Gasteiger partial charge in [-0.15, -0.1) is 0 Å². The SMILES string of the molecule is CCC(O)(CC)CN(C)C(C)C#N. The second-order valence-corrected chi connectivity index (χ2v) is 3.65. The van der Waals surface area contributed by atoms with E-state index in [0.29, 0.717) is 6.54 Å². The largest absolute Gasteiger partial charge is 0.389 e. The average Bonchev–Trinajstić information content (AvgIpc) is 2.16. The standard InChI is InChI=1S/C10H20N2O/c1-5-10(13,6-2)8-12(4)9(3)7-11/h9,13H,5-6,8H2,1-4H3. The minimum atomic E-state index is -0.639. The van der Waals surface area contributed by atoms with E-state index in [-0.39, 0.29) is 6.04 Å². The highest BCUT2D eigenvalue weighted by atomic mass is 16.3. The van der Waals surface area contributed by atoms with Crippen LogP contribution in [0.25, 0.3) is 0 Å². The molecule has 1 atom stereocenters. The van der Waals surface area contributed by atoms with Crippen LogP contribution in [0.15, 0.2) is 0 Å². The molecule has 0 spiro atoms. The molecule has 0 heterocycles. The van der Waals surface area contributed by atoms with Crippen LogP contribution >= 0.6 is 0 Å². The predicted octanol–water partition coefficient (Wildman–Crippen LogP) is 1.38. The second-order valence-electron chi connectivity index (χ2n) is 3.65. The normalized spacial score (nSPS) is 14.2. The van der Waals surface area contributed by atoms with Gasteiger partial charge in [0.1, 0.15) is 0 Å². The molecule has 0 aliphatic heterocycles. The van der Waals surface area contributed by atoms with Crippen molar-refractivity contribution in [3.05, 3.63) is 0 Å². The van der Waals surface area contributed by atoms with E-state index >= 15 is 0 Å². The summed E-state index contributed by atoms with van der Waals surface area (Å²) < 4.78 is 0. The Morgan fingerprint density at radius 2 is 1.92 bits per heavy atom. The minimum absolute atomic E-state index is 0.135. The van der Waals surface area contributed by atoms with Crippen molar-refractivity contribution in [2.24, 2.45) is 0 Å². The number of rotatable bonds is 5. The predicted molar refractivity (Wildman–Crippen MR) is 53.2 cm³/mol. The Kier molecular flexibility index (Phi) is 4.97. The van der Waals surface area contributed by atoms with Crippen LogP contribution in [-0.2, 0) is 0 Å². The molecule has 0 aliphatic rings. The molecule has 0 rings (SSSR count). The molecule has 0 saturated heterocycles. The summed E-state index contributed by atoms with van der Waals surface area (Å²) in [5.74, 6) is 0. The smallest absolute Gasteiger partial charge is 0.0947 e. The van der Waals surface area contributed by atoms with Crippen molar-refractivity contribution in [1.29, 1.82) is 5.26 Å². The average molecular weight is 184 g/mol. The number of hydrogen-bond acceptors (Lipinski definition) is 3. The summed E-state index contributed by atoms with van der Waals surface area (Å²) in [5.41, 5.74) is -0.639. The first-order valence-corrected chi connectivity index (χ1v) is 4.81. The molecule has 0 aromatic carbocycles. The van der Waals surface area contributed by atoms with Crippen molar-refractivity contribution >= 4 is 0 Å². The summed E-state index contributed by atoms with van der Waals surface area (Å²) in [6.45, 7) is 6.34. The molecule has 0 saturated carbocycles. The summed E-state index contributed by atoms with van der Waals surface area (Å²) in [6, 6.07) is 2.02. The molecule has 76 valence electrons. The van der Waals surface area contributed by atoms with Crippen molar-refractivity contribution < 1.29 is 5.11 Å². The third-order valence-electron chi connectivity index (χ3n) is 2.71. The maximum Gasteiger partial charge on any atom is 0.0947 e. The third kappa shape index (κ3) is 3.75. The Hall–Kier alpha value is -0.590. The van der Waals surface area contributed by atoms with Gasteiger partial charge in [0.2, 0.25) is 0 Å². The van der Waals surface area contributed by atoms with Crippen LogP contribution in [0, 0.1) is 11.3 Å². The first kappa shape index (κ1) is 12.4. The summed E-state index contributed by atoms with van der Waals surface area (Å²) in [5, 5.41) is 18.7. The molecular weight excluding hydrogens is 164 g/mol. The Labute approximate surface area is 81.0 Å². The van der Waals surface area contributed by atoms with E-state index in [1.54, 1.807) is 0 Å². The molecule has 0 fully saturated rings. The lowest BCUT2D eigenvalue weighted by molar-refractivity contribution is -0.000707. The molecule has 0 aromatic rings. The molecule has 1 N–H and O–H groups in total. The Bertz CT molecular complexity index is 182. The van der Waals surface area contributed by atoms with E-state index in [4.69, 9.17) is 5.26 Å². The van der Waals surface area contributed by atoms with E-state index in [9.17, 15) is 5.11 Å². The molecule has 3 nitrogen and oxygen atoms in total. The lowest BCUT2D eigenvalue weighted by atomic mass is 9.96. The van der Waals surface area contributed by atoms with Gasteiger partial charge in [-0.3, -0.25) is 4.90 Å². The molecule has 0 aliphatic carbocycles. The van der Waals surface area contributed by atoms with E-state index in [0.717, 1.165) is 12.8 Å². The highest BCUT2D eigenvalue weighted by molar-refractivity contribution is 4.90. The summed E-state index contributed by atoms with van der Waals surface area (Å²) >= 11 is 0. The third-order valence-corrected chi connectivity index (χ3v) is 2.71. The zero-order valence-corrected chi connectivity index (χ0v) is 9.04. The van der Waals surface area contributed by atoms with E-state index in [1.165, 1.54) is 0 Å². The number of aliphatic hydroxyl groups is 1. The molecule has 3 heteroatoms. The summed E-state index contributed by atoms with van der Waals surface area (Å²) in [7, 11) is 1.87. The zero-order valence-electron chi connectivity index (χ0n) is 9.04. The van der Waals surface area contributed by atoms with E-state index in [1.807, 2.05) is 32.7 Å². The molecule has 0 radical (unpaired) electrons. The Balaban J connectivity index is 4.18. The highest BCUT2D eigenvalue weighted by Crippen LogP contribution is 2.16. The van der Waals surface area contributed by atoms with Crippen LogP contribution in [0.1, 0.15) is 33.6 Å². The number of likely N-dealkylation sites (N-methyl/N-ethyl adjacent to an activating group) is 1. The quantitative estimate of drug-likeness (QED) is 0.702. The van der Waals surface area contributed by atoms with Gasteiger partial charge in [0.05, 0.1) is 17.7 Å². The Morgan fingerprint density at radius 1 is 1.46 bits per heavy atom. The fourth-order valence-corrected chi connectivity index (χ4v) is 1.17. The molecule has 0 amide bonds. The second kappa shape index (κ2) is 5.21. The summed E-state index contributed by atoms with van der Waals surface area (Å²) in [6.07, 6.45) is 1.46. The molecule has 0 aromatic heterocycles.